The number of likely N-dealkylation sites (tertiary alicyclic amines) is 1. The summed E-state index contributed by atoms with van der Waals surface area (Å²) in [6, 6.07) is 20.1. The van der Waals surface area contributed by atoms with Gasteiger partial charge >= 0.3 is 0 Å². The molecule has 0 radical (unpaired) electrons. The van der Waals surface area contributed by atoms with Gasteiger partial charge in [-0.05, 0) is 102 Å². The number of aromatic hydroxyl groups is 1. The number of nitriles is 1. The summed E-state index contributed by atoms with van der Waals surface area (Å²) in [5, 5.41) is 19.3. The van der Waals surface area contributed by atoms with Crippen molar-refractivity contribution < 1.29 is 18.6 Å². The molecule has 0 unspecified atom stereocenters. The van der Waals surface area contributed by atoms with Gasteiger partial charge in [-0.25, -0.2) is 4.39 Å². The number of alkyl halides is 1. The van der Waals surface area contributed by atoms with E-state index in [1.807, 2.05) is 48.5 Å². The van der Waals surface area contributed by atoms with Gasteiger partial charge in [0.15, 0.2) is 0 Å². The maximum atomic E-state index is 14.6. The van der Waals surface area contributed by atoms with Crippen molar-refractivity contribution in [3.8, 4) is 17.6 Å². The number of hydrogen-bond acceptors (Lipinski definition) is 4. The molecule has 1 heterocycles. The van der Waals surface area contributed by atoms with Gasteiger partial charge in [-0.15, -0.1) is 0 Å². The molecule has 190 valence electrons. The Kier molecular flexibility index (Phi) is 7.52. The Bertz CT molecular complexity index is 1340. The lowest BCUT2D eigenvalue weighted by atomic mass is 9.87. The molecular weight excluding hydrogens is 470 g/mol. The molecule has 1 aliphatic heterocycles. The largest absolute Gasteiger partial charge is 0.508 e. The number of aryl methyl sites for hydroxylation is 1. The van der Waals surface area contributed by atoms with Crippen molar-refractivity contribution in [3.63, 3.8) is 0 Å². The Balaban J connectivity index is 1.49. The van der Waals surface area contributed by atoms with Gasteiger partial charge in [-0.3, -0.25) is 9.29 Å². The average molecular weight is 501 g/mol. The van der Waals surface area contributed by atoms with E-state index in [1.165, 1.54) is 12.1 Å². The molecule has 1 atom stereocenters. The zero-order chi connectivity index (χ0) is 25.8. The fourth-order valence-electron chi connectivity index (χ4n) is 5.46. The van der Waals surface area contributed by atoms with E-state index in [9.17, 15) is 19.1 Å². The zero-order valence-corrected chi connectivity index (χ0v) is 20.7. The number of benzene rings is 3. The van der Waals surface area contributed by atoms with E-state index in [4.69, 9.17) is 4.74 Å². The smallest absolute Gasteiger partial charge is 0.141 e. The molecule has 6 heteroatoms. The molecular formula is C31H30F2N2O2. The zero-order valence-electron chi connectivity index (χ0n) is 20.7. The Hall–Kier alpha value is -3.69. The monoisotopic (exact) mass is 500 g/mol. The molecule has 3 aromatic carbocycles. The fraction of sp³-hybridized carbons (Fsp3) is 0.323. The summed E-state index contributed by atoms with van der Waals surface area (Å²) in [5.74, 6) is 0.488. The lowest BCUT2D eigenvalue weighted by molar-refractivity contribution is 0.198. The molecule has 0 aromatic heterocycles. The van der Waals surface area contributed by atoms with Crippen LogP contribution in [0.5, 0.6) is 11.5 Å². The van der Waals surface area contributed by atoms with Crippen molar-refractivity contribution in [3.05, 3.63) is 94.3 Å². The maximum absolute atomic E-state index is 14.6. The van der Waals surface area contributed by atoms with Crippen LogP contribution in [0.1, 0.15) is 53.5 Å². The van der Waals surface area contributed by atoms with Gasteiger partial charge in [0, 0.05) is 19.6 Å². The molecule has 37 heavy (non-hydrogen) atoms. The number of halogens is 2. The number of ether oxygens (including phenoxy) is 1. The van der Waals surface area contributed by atoms with Crippen LogP contribution in [0.15, 0.2) is 60.7 Å². The van der Waals surface area contributed by atoms with E-state index in [0.29, 0.717) is 6.42 Å². The van der Waals surface area contributed by atoms with E-state index in [1.54, 1.807) is 6.07 Å². The van der Waals surface area contributed by atoms with E-state index >= 15 is 0 Å². The highest BCUT2D eigenvalue weighted by Gasteiger charge is 2.24. The third-order valence-electron chi connectivity index (χ3n) is 7.25. The third-order valence-corrected chi connectivity index (χ3v) is 7.25. The van der Waals surface area contributed by atoms with Gasteiger partial charge in [0.05, 0.1) is 12.2 Å². The minimum atomic E-state index is -0.525. The van der Waals surface area contributed by atoms with Crippen LogP contribution in [0.4, 0.5) is 8.78 Å². The number of hydrogen-bond donors (Lipinski definition) is 1. The van der Waals surface area contributed by atoms with Crippen molar-refractivity contribution in [1.29, 1.82) is 5.26 Å². The molecule has 3 aromatic rings. The molecule has 1 N–H and O–H groups in total. The minimum absolute atomic E-state index is 0.0292. The predicted octanol–water partition coefficient (Wildman–Crippen LogP) is 6.51. The van der Waals surface area contributed by atoms with Crippen molar-refractivity contribution in [1.82, 2.24) is 4.90 Å². The Morgan fingerprint density at radius 2 is 1.84 bits per heavy atom. The number of fused-ring (bicyclic) bond motifs is 1. The van der Waals surface area contributed by atoms with E-state index in [2.05, 4.69) is 4.90 Å². The number of nitrogens with zero attached hydrogens (tertiary/aromatic N) is 2. The van der Waals surface area contributed by atoms with Crippen LogP contribution in [0.25, 0.3) is 11.1 Å². The lowest BCUT2D eigenvalue weighted by Gasteiger charge is -2.19. The standard InChI is InChI=1S/C31H30F2N2O2/c32-14-2-15-35-16-13-27(20-35)37-26-10-7-21(8-11-26)31-28(23-5-6-24(19-34)30(33)18-23)4-1-3-22-17-25(36)9-12-29(22)31/h5-12,17-18,27,36H,1-4,13-16,20H2/t27-/m0/s1. The van der Waals surface area contributed by atoms with Crippen molar-refractivity contribution >= 4 is 11.1 Å². The van der Waals surface area contributed by atoms with E-state index < -0.39 is 5.82 Å². The van der Waals surface area contributed by atoms with Gasteiger partial charge in [0.1, 0.15) is 29.5 Å². The van der Waals surface area contributed by atoms with E-state index in [0.717, 1.165) is 84.5 Å². The summed E-state index contributed by atoms with van der Waals surface area (Å²) in [4.78, 5) is 2.24. The second kappa shape index (κ2) is 11.1. The number of phenols is 1. The van der Waals surface area contributed by atoms with E-state index in [-0.39, 0.29) is 24.1 Å². The second-order valence-electron chi connectivity index (χ2n) is 9.75. The molecule has 5 rings (SSSR count). The lowest BCUT2D eigenvalue weighted by Crippen LogP contribution is -2.26. The topological polar surface area (TPSA) is 56.5 Å². The summed E-state index contributed by atoms with van der Waals surface area (Å²) in [5.41, 5.74) is 5.86. The first kappa shape index (κ1) is 25.0. The normalized spacial score (nSPS) is 17.8. The van der Waals surface area contributed by atoms with Crippen LogP contribution in [-0.4, -0.2) is 42.4 Å². The van der Waals surface area contributed by atoms with Crippen LogP contribution in [0, 0.1) is 17.1 Å². The molecule has 0 spiro atoms. The summed E-state index contributed by atoms with van der Waals surface area (Å²) < 4.78 is 33.3. The SMILES string of the molecule is N#Cc1ccc(C2=C(c3ccc(O[C@H]4CCN(CCCF)C4)cc3)c3ccc(O)cc3CCC2)cc1F. The van der Waals surface area contributed by atoms with Crippen LogP contribution in [0.3, 0.4) is 0 Å². The summed E-state index contributed by atoms with van der Waals surface area (Å²) in [6.45, 7) is 2.19. The molecule has 4 nitrogen and oxygen atoms in total. The molecule has 2 aliphatic rings. The van der Waals surface area contributed by atoms with Gasteiger partial charge in [0.25, 0.3) is 0 Å². The molecule has 0 bridgehead atoms. The fourth-order valence-corrected chi connectivity index (χ4v) is 5.46. The highest BCUT2D eigenvalue weighted by Crippen LogP contribution is 2.41. The molecule has 1 fully saturated rings. The van der Waals surface area contributed by atoms with Crippen LogP contribution >= 0.6 is 0 Å². The van der Waals surface area contributed by atoms with Crippen molar-refractivity contribution in [2.24, 2.45) is 0 Å². The van der Waals surface area contributed by atoms with Crippen LogP contribution < -0.4 is 4.74 Å². The third kappa shape index (κ3) is 5.52. The van der Waals surface area contributed by atoms with Crippen LogP contribution in [0.2, 0.25) is 0 Å². The number of phenolic OH excluding ortho intramolecular Hbond substituents is 1. The second-order valence-corrected chi connectivity index (χ2v) is 9.75. The molecule has 0 amide bonds. The summed E-state index contributed by atoms with van der Waals surface area (Å²) >= 11 is 0. The molecule has 0 saturated carbocycles. The predicted molar refractivity (Wildman–Crippen MR) is 141 cm³/mol. The Morgan fingerprint density at radius 1 is 1.03 bits per heavy atom. The summed E-state index contributed by atoms with van der Waals surface area (Å²) in [7, 11) is 0. The van der Waals surface area contributed by atoms with Gasteiger partial charge in [-0.1, -0.05) is 24.3 Å². The highest BCUT2D eigenvalue weighted by molar-refractivity contribution is 6.00. The number of allylic oxidation sites excluding steroid dienone is 1. The maximum Gasteiger partial charge on any atom is 0.141 e. The van der Waals surface area contributed by atoms with Gasteiger partial charge in [-0.2, -0.15) is 5.26 Å². The quantitative estimate of drug-likeness (QED) is 0.402. The first-order valence-electron chi connectivity index (χ1n) is 12.9. The Labute approximate surface area is 216 Å². The Morgan fingerprint density at radius 3 is 2.59 bits per heavy atom. The average Bonchev–Trinajstić information content (AvgIpc) is 3.26. The first-order valence-corrected chi connectivity index (χ1v) is 12.9. The minimum Gasteiger partial charge on any atom is -0.508 e. The van der Waals surface area contributed by atoms with Gasteiger partial charge in [0.2, 0.25) is 0 Å². The summed E-state index contributed by atoms with van der Waals surface area (Å²) in [6.07, 6.45) is 3.97. The van der Waals surface area contributed by atoms with Gasteiger partial charge < -0.3 is 9.84 Å². The first-order chi connectivity index (χ1) is 18.1. The van der Waals surface area contributed by atoms with Crippen molar-refractivity contribution in [2.45, 2.75) is 38.2 Å². The molecule has 1 saturated heterocycles. The number of rotatable bonds is 7. The molecule has 1 aliphatic carbocycles. The highest BCUT2D eigenvalue weighted by atomic mass is 19.1. The van der Waals surface area contributed by atoms with Crippen molar-refractivity contribution in [2.75, 3.05) is 26.3 Å². The van der Waals surface area contributed by atoms with Crippen LogP contribution in [-0.2, 0) is 6.42 Å².